The molecular formula is C10H17OS. The van der Waals surface area contributed by atoms with Crippen LogP contribution in [0.3, 0.4) is 0 Å². The third kappa shape index (κ3) is 2.98. The SMILES string of the molecule is [CH]1CCC(COCC2CS2)CC1. The Bertz CT molecular complexity index is 128. The molecule has 1 saturated heterocycles. The first-order chi connectivity index (χ1) is 5.95. The summed E-state index contributed by atoms with van der Waals surface area (Å²) >= 11 is 2.02. The number of rotatable bonds is 4. The minimum atomic E-state index is 0.847. The first kappa shape index (κ1) is 8.89. The fourth-order valence-corrected chi connectivity index (χ4v) is 2.12. The predicted molar refractivity (Wildman–Crippen MR) is 53.3 cm³/mol. The highest BCUT2D eigenvalue weighted by Gasteiger charge is 2.23. The van der Waals surface area contributed by atoms with Gasteiger partial charge in [-0.2, -0.15) is 11.8 Å². The first-order valence-electron chi connectivity index (χ1n) is 4.96. The van der Waals surface area contributed by atoms with E-state index in [1.54, 1.807) is 0 Å². The number of ether oxygens (including phenoxy) is 1. The Morgan fingerprint density at radius 2 is 2.00 bits per heavy atom. The highest BCUT2D eigenvalue weighted by atomic mass is 32.2. The molecule has 1 atom stereocenters. The van der Waals surface area contributed by atoms with Crippen molar-refractivity contribution in [1.29, 1.82) is 0 Å². The molecule has 1 saturated carbocycles. The lowest BCUT2D eigenvalue weighted by Gasteiger charge is -2.20. The van der Waals surface area contributed by atoms with Gasteiger partial charge < -0.3 is 4.74 Å². The summed E-state index contributed by atoms with van der Waals surface area (Å²) in [6.45, 7) is 2.02. The van der Waals surface area contributed by atoms with Gasteiger partial charge in [-0.05, 0) is 38.0 Å². The van der Waals surface area contributed by atoms with E-state index in [1.807, 2.05) is 11.8 Å². The Morgan fingerprint density at radius 3 is 2.67 bits per heavy atom. The van der Waals surface area contributed by atoms with Crippen LogP contribution in [-0.2, 0) is 4.74 Å². The Morgan fingerprint density at radius 1 is 1.25 bits per heavy atom. The Balaban J connectivity index is 1.52. The molecule has 2 fully saturated rings. The van der Waals surface area contributed by atoms with Crippen LogP contribution in [0.5, 0.6) is 0 Å². The maximum atomic E-state index is 5.66. The van der Waals surface area contributed by atoms with Gasteiger partial charge in [0.25, 0.3) is 0 Å². The van der Waals surface area contributed by atoms with E-state index >= 15 is 0 Å². The van der Waals surface area contributed by atoms with E-state index in [2.05, 4.69) is 6.42 Å². The molecule has 2 heteroatoms. The van der Waals surface area contributed by atoms with Crippen LogP contribution in [0.1, 0.15) is 25.7 Å². The maximum absolute atomic E-state index is 5.66. The molecule has 0 amide bonds. The highest BCUT2D eigenvalue weighted by molar-refractivity contribution is 8.06. The monoisotopic (exact) mass is 185 g/mol. The van der Waals surface area contributed by atoms with Gasteiger partial charge in [-0.1, -0.05) is 0 Å². The topological polar surface area (TPSA) is 9.23 Å². The quantitative estimate of drug-likeness (QED) is 0.622. The van der Waals surface area contributed by atoms with Crippen LogP contribution < -0.4 is 0 Å². The van der Waals surface area contributed by atoms with Gasteiger partial charge in [0.1, 0.15) is 0 Å². The molecule has 2 aliphatic rings. The number of hydrogen-bond donors (Lipinski definition) is 0. The van der Waals surface area contributed by atoms with Crippen LogP contribution in [0, 0.1) is 12.3 Å². The van der Waals surface area contributed by atoms with Gasteiger partial charge in [0, 0.05) is 17.6 Å². The van der Waals surface area contributed by atoms with E-state index in [1.165, 1.54) is 31.4 Å². The minimum Gasteiger partial charge on any atom is -0.380 e. The molecule has 69 valence electrons. The van der Waals surface area contributed by atoms with Crippen molar-refractivity contribution >= 4 is 11.8 Å². The van der Waals surface area contributed by atoms with Gasteiger partial charge in [-0.3, -0.25) is 0 Å². The molecule has 2 rings (SSSR count). The molecule has 0 spiro atoms. The van der Waals surface area contributed by atoms with E-state index in [-0.39, 0.29) is 0 Å². The second-order valence-corrected chi connectivity index (χ2v) is 5.14. The zero-order valence-corrected chi connectivity index (χ0v) is 8.31. The number of hydrogen-bond acceptors (Lipinski definition) is 2. The molecule has 1 aliphatic carbocycles. The standard InChI is InChI=1S/C10H17OS/c1-2-4-9(5-3-1)6-11-7-10-8-12-10/h1,9-10H,2-8H2. The summed E-state index contributed by atoms with van der Waals surface area (Å²) < 4.78 is 5.66. The zero-order chi connectivity index (χ0) is 8.23. The summed E-state index contributed by atoms with van der Waals surface area (Å²) in [6.07, 6.45) is 7.75. The van der Waals surface area contributed by atoms with E-state index in [9.17, 15) is 0 Å². The second kappa shape index (κ2) is 4.52. The lowest BCUT2D eigenvalue weighted by Crippen LogP contribution is -2.15. The fourth-order valence-electron chi connectivity index (χ4n) is 1.69. The van der Waals surface area contributed by atoms with Crippen LogP contribution in [0.2, 0.25) is 0 Å². The van der Waals surface area contributed by atoms with Crippen LogP contribution in [0.25, 0.3) is 0 Å². The van der Waals surface area contributed by atoms with E-state index in [0.29, 0.717) is 0 Å². The second-order valence-electron chi connectivity index (χ2n) is 3.80. The van der Waals surface area contributed by atoms with Crippen LogP contribution >= 0.6 is 11.8 Å². The molecular weight excluding hydrogens is 168 g/mol. The Hall–Kier alpha value is 0.310. The van der Waals surface area contributed by atoms with E-state index in [0.717, 1.165) is 24.4 Å². The fraction of sp³-hybridized carbons (Fsp3) is 0.900. The third-order valence-corrected chi connectivity index (χ3v) is 3.56. The molecule has 1 nitrogen and oxygen atoms in total. The molecule has 1 unspecified atom stereocenters. The molecule has 12 heavy (non-hydrogen) atoms. The van der Waals surface area contributed by atoms with Gasteiger partial charge >= 0.3 is 0 Å². The van der Waals surface area contributed by atoms with Crippen molar-refractivity contribution in [3.8, 4) is 0 Å². The van der Waals surface area contributed by atoms with Crippen molar-refractivity contribution in [3.63, 3.8) is 0 Å². The van der Waals surface area contributed by atoms with Gasteiger partial charge in [0.15, 0.2) is 0 Å². The molecule has 0 N–H and O–H groups in total. The average molecular weight is 185 g/mol. The normalized spacial score (nSPS) is 30.5. The van der Waals surface area contributed by atoms with Crippen molar-refractivity contribution < 1.29 is 4.74 Å². The molecule has 0 bridgehead atoms. The molecule has 0 aromatic heterocycles. The largest absolute Gasteiger partial charge is 0.380 e. The summed E-state index contributed by atoms with van der Waals surface area (Å²) in [5, 5.41) is 0.847. The van der Waals surface area contributed by atoms with Crippen molar-refractivity contribution in [1.82, 2.24) is 0 Å². The van der Waals surface area contributed by atoms with Crippen LogP contribution in [0.4, 0.5) is 0 Å². The number of thioether (sulfide) groups is 1. The molecule has 0 aromatic carbocycles. The molecule has 1 aliphatic heterocycles. The first-order valence-corrected chi connectivity index (χ1v) is 6.01. The smallest absolute Gasteiger partial charge is 0.0593 e. The van der Waals surface area contributed by atoms with Gasteiger partial charge in [-0.15, -0.1) is 0 Å². The van der Waals surface area contributed by atoms with Gasteiger partial charge in [0.05, 0.1) is 6.61 Å². The Labute approximate surface area is 79.2 Å². The maximum Gasteiger partial charge on any atom is 0.0593 e. The molecule has 0 aromatic rings. The van der Waals surface area contributed by atoms with Crippen LogP contribution in [0.15, 0.2) is 0 Å². The molecule has 1 radical (unpaired) electrons. The van der Waals surface area contributed by atoms with Gasteiger partial charge in [-0.25, -0.2) is 0 Å². The summed E-state index contributed by atoms with van der Waals surface area (Å²) in [5.74, 6) is 2.19. The Kier molecular flexibility index (Phi) is 3.35. The third-order valence-electron chi connectivity index (χ3n) is 2.62. The van der Waals surface area contributed by atoms with Crippen LogP contribution in [-0.4, -0.2) is 24.2 Å². The summed E-state index contributed by atoms with van der Waals surface area (Å²) in [5.41, 5.74) is 0. The van der Waals surface area contributed by atoms with Crippen molar-refractivity contribution in [3.05, 3.63) is 6.42 Å². The van der Waals surface area contributed by atoms with E-state index < -0.39 is 0 Å². The summed E-state index contributed by atoms with van der Waals surface area (Å²) in [6, 6.07) is 0. The minimum absolute atomic E-state index is 0.847. The highest BCUT2D eigenvalue weighted by Crippen LogP contribution is 2.30. The van der Waals surface area contributed by atoms with Crippen molar-refractivity contribution in [2.75, 3.05) is 19.0 Å². The van der Waals surface area contributed by atoms with Crippen molar-refractivity contribution in [2.24, 2.45) is 5.92 Å². The summed E-state index contributed by atoms with van der Waals surface area (Å²) in [4.78, 5) is 0. The van der Waals surface area contributed by atoms with E-state index in [4.69, 9.17) is 4.74 Å². The predicted octanol–water partition coefficient (Wildman–Crippen LogP) is 2.51. The van der Waals surface area contributed by atoms with Crippen molar-refractivity contribution in [2.45, 2.75) is 30.9 Å². The summed E-state index contributed by atoms with van der Waals surface area (Å²) in [7, 11) is 0. The lowest BCUT2D eigenvalue weighted by molar-refractivity contribution is 0.0951. The molecule has 1 heterocycles. The zero-order valence-electron chi connectivity index (χ0n) is 7.50. The lowest BCUT2D eigenvalue weighted by atomic mass is 9.90. The average Bonchev–Trinajstić information content (AvgIpc) is 2.90. The van der Waals surface area contributed by atoms with Gasteiger partial charge in [0.2, 0.25) is 0 Å².